The van der Waals surface area contributed by atoms with Gasteiger partial charge in [0.1, 0.15) is 23.9 Å². The molecule has 2 aromatic heterocycles. The molecule has 0 aromatic carbocycles. The Morgan fingerprint density at radius 3 is 2.09 bits per heavy atom. The summed E-state index contributed by atoms with van der Waals surface area (Å²) in [5, 5.41) is 19.0. The Morgan fingerprint density at radius 2 is 1.64 bits per heavy atom. The molecule has 1 atom stereocenters. The van der Waals surface area contributed by atoms with E-state index in [1.54, 1.807) is 0 Å². The lowest BCUT2D eigenvalue weighted by Crippen LogP contribution is -2.30. The quantitative estimate of drug-likeness (QED) is 0.286. The van der Waals surface area contributed by atoms with Gasteiger partial charge in [0.15, 0.2) is 5.82 Å². The molecule has 0 bridgehead atoms. The lowest BCUT2D eigenvalue weighted by molar-refractivity contribution is -0.150. The number of nitrogens with two attached hydrogens (primary N) is 1. The van der Waals surface area contributed by atoms with Gasteiger partial charge in [-0.15, -0.1) is 0 Å². The number of hydrogen-bond donors (Lipinski definition) is 4. The summed E-state index contributed by atoms with van der Waals surface area (Å²) in [7, 11) is 0. The van der Waals surface area contributed by atoms with Crippen molar-refractivity contribution < 1.29 is 41.4 Å². The van der Waals surface area contributed by atoms with E-state index in [9.17, 15) is 31.1 Å². The van der Waals surface area contributed by atoms with E-state index in [0.717, 1.165) is 29.9 Å². The van der Waals surface area contributed by atoms with Crippen LogP contribution in [0.15, 0.2) is 35.7 Å². The zero-order chi connectivity index (χ0) is 24.6. The van der Waals surface area contributed by atoms with Gasteiger partial charge in [-0.3, -0.25) is 9.80 Å². The monoisotopic (exact) mass is 477 g/mol. The van der Waals surface area contributed by atoms with E-state index in [-0.39, 0.29) is 17.0 Å². The minimum Gasteiger partial charge on any atom is -0.366 e. The van der Waals surface area contributed by atoms with Crippen LogP contribution in [0.1, 0.15) is 40.8 Å². The van der Waals surface area contributed by atoms with E-state index in [4.69, 9.17) is 15.9 Å². The Bertz CT molecular complexity index is 1070. The summed E-state index contributed by atoms with van der Waals surface area (Å²) >= 11 is 0. The summed E-state index contributed by atoms with van der Waals surface area (Å²) in [6.07, 6.45) is -9.44. The van der Waals surface area contributed by atoms with Gasteiger partial charge >= 0.3 is 12.4 Å². The number of aliphatic imine (C=N–C) groups is 1. The van der Waals surface area contributed by atoms with E-state index in [2.05, 4.69) is 25.4 Å². The van der Waals surface area contributed by atoms with Gasteiger partial charge in [0.25, 0.3) is 5.91 Å². The second kappa shape index (κ2) is 8.72. The highest BCUT2D eigenvalue weighted by Gasteiger charge is 2.39. The maximum Gasteiger partial charge on any atom is 0.433 e. The average molecular weight is 477 g/mol. The number of hydrogen-bond acceptors (Lipinski definition) is 9. The first-order valence-electron chi connectivity index (χ1n) is 8.70. The van der Waals surface area contributed by atoms with E-state index < -0.39 is 47.7 Å². The lowest BCUT2D eigenvalue weighted by Gasteiger charge is -2.18. The summed E-state index contributed by atoms with van der Waals surface area (Å²) in [4.78, 5) is 25.5. The number of nitrogens with zero attached hydrogens (tertiary/aromatic N) is 5. The predicted molar refractivity (Wildman–Crippen MR) is 96.8 cm³/mol. The average Bonchev–Trinajstić information content (AvgIpc) is 3.19. The molecule has 176 valence electrons. The highest BCUT2D eigenvalue weighted by molar-refractivity contribution is 6.18. The molecule has 1 unspecified atom stereocenters. The molecule has 16 heteroatoms. The van der Waals surface area contributed by atoms with Gasteiger partial charge in [0, 0.05) is 24.2 Å². The van der Waals surface area contributed by atoms with Crippen molar-refractivity contribution in [3.05, 3.63) is 59.1 Å². The van der Waals surface area contributed by atoms with Crippen LogP contribution in [0, 0.1) is 0 Å². The number of hydrazine groups is 1. The van der Waals surface area contributed by atoms with Crippen molar-refractivity contribution in [1.82, 2.24) is 25.4 Å². The molecule has 0 saturated heterocycles. The molecule has 0 saturated carbocycles. The van der Waals surface area contributed by atoms with E-state index >= 15 is 0 Å². The summed E-state index contributed by atoms with van der Waals surface area (Å²) in [5.74, 6) is -1.35. The van der Waals surface area contributed by atoms with Crippen LogP contribution < -0.4 is 11.2 Å². The number of rotatable bonds is 5. The van der Waals surface area contributed by atoms with Gasteiger partial charge < -0.3 is 15.9 Å². The SMILES string of the molecule is NC(=O)/C(=C/N1C=NC(c2cc(C(F)(F)F)nc(C(F)(F)F)c2)N1)c1cnc(C(O)O)nc1. The molecule has 1 aliphatic heterocycles. The zero-order valence-electron chi connectivity index (χ0n) is 16.0. The minimum absolute atomic E-state index is 0.0353. The van der Waals surface area contributed by atoms with Gasteiger partial charge in [0.2, 0.25) is 6.29 Å². The van der Waals surface area contributed by atoms with Crippen molar-refractivity contribution in [3.63, 3.8) is 0 Å². The normalized spacial score (nSPS) is 17.2. The molecular formula is C17H13F6N7O3. The number of alkyl halides is 6. The first-order chi connectivity index (χ1) is 15.3. The van der Waals surface area contributed by atoms with Crippen LogP contribution in [0.2, 0.25) is 0 Å². The summed E-state index contributed by atoms with van der Waals surface area (Å²) in [6.45, 7) is 0. The topological polar surface area (TPSA) is 150 Å². The molecule has 0 aliphatic carbocycles. The summed E-state index contributed by atoms with van der Waals surface area (Å²) in [6, 6.07) is 0.832. The molecule has 10 nitrogen and oxygen atoms in total. The first-order valence-corrected chi connectivity index (χ1v) is 8.70. The van der Waals surface area contributed by atoms with E-state index in [1.807, 2.05) is 0 Å². The van der Waals surface area contributed by atoms with Gasteiger partial charge in [-0.25, -0.2) is 25.4 Å². The number of pyridine rings is 1. The molecule has 0 spiro atoms. The molecule has 0 radical (unpaired) electrons. The summed E-state index contributed by atoms with van der Waals surface area (Å²) < 4.78 is 78.1. The molecule has 1 aliphatic rings. The van der Waals surface area contributed by atoms with E-state index in [1.165, 1.54) is 0 Å². The molecule has 3 heterocycles. The fourth-order valence-corrected chi connectivity index (χ4v) is 2.61. The number of nitrogens with one attached hydrogen (secondary N) is 1. The Morgan fingerprint density at radius 1 is 1.09 bits per heavy atom. The van der Waals surface area contributed by atoms with Crippen LogP contribution in [-0.4, -0.2) is 42.4 Å². The fourth-order valence-electron chi connectivity index (χ4n) is 2.61. The fraction of sp³-hybridized carbons (Fsp3) is 0.235. The van der Waals surface area contributed by atoms with Crippen LogP contribution >= 0.6 is 0 Å². The van der Waals surface area contributed by atoms with Gasteiger partial charge in [-0.05, 0) is 17.7 Å². The Labute approximate surface area is 180 Å². The summed E-state index contributed by atoms with van der Waals surface area (Å²) in [5.41, 5.74) is 3.62. The number of carbonyl (C=O) groups excluding carboxylic acids is 1. The molecule has 0 fully saturated rings. The third kappa shape index (κ3) is 5.60. The molecule has 1 amide bonds. The second-order valence-electron chi connectivity index (χ2n) is 6.48. The molecule has 3 rings (SSSR count). The first kappa shape index (κ1) is 24.0. The van der Waals surface area contributed by atoms with Gasteiger partial charge in [-0.2, -0.15) is 26.3 Å². The van der Waals surface area contributed by atoms with E-state index in [0.29, 0.717) is 12.1 Å². The number of aliphatic hydroxyl groups is 2. The van der Waals surface area contributed by atoms with Crippen molar-refractivity contribution in [3.8, 4) is 0 Å². The number of halogens is 6. The maximum absolute atomic E-state index is 13.0. The predicted octanol–water partition coefficient (Wildman–Crippen LogP) is 1.27. The standard InChI is InChI=1S/C17H13F6N7O3/c18-16(19,20)10-1-7(2-11(28-10)17(21,22)23)13-27-6-30(29-13)5-9(12(24)31)8-3-25-14(15(32)33)26-4-8/h1-6,13,15,29,32-33H,(H2,24,31)/b9-5+. The second-order valence-corrected chi connectivity index (χ2v) is 6.48. The minimum atomic E-state index is -5.13. The number of amides is 1. The highest BCUT2D eigenvalue weighted by atomic mass is 19.4. The largest absolute Gasteiger partial charge is 0.433 e. The van der Waals surface area contributed by atoms with Crippen molar-refractivity contribution in [2.75, 3.05) is 0 Å². The van der Waals surface area contributed by atoms with Crippen LogP contribution in [0.4, 0.5) is 26.3 Å². The Kier molecular flexibility index (Phi) is 6.35. The Hall–Kier alpha value is -3.63. The van der Waals surface area contributed by atoms with Crippen molar-refractivity contribution in [2.45, 2.75) is 24.8 Å². The number of carbonyl (C=O) groups is 1. The number of aromatic nitrogens is 3. The van der Waals surface area contributed by atoms with Crippen LogP contribution in [0.25, 0.3) is 5.57 Å². The smallest absolute Gasteiger partial charge is 0.366 e. The zero-order valence-corrected chi connectivity index (χ0v) is 16.0. The third-order valence-electron chi connectivity index (χ3n) is 4.10. The van der Waals surface area contributed by atoms with Crippen LogP contribution in [0.5, 0.6) is 0 Å². The molecule has 2 aromatic rings. The van der Waals surface area contributed by atoms with Crippen molar-refractivity contribution >= 4 is 17.8 Å². The van der Waals surface area contributed by atoms with Crippen molar-refractivity contribution in [2.24, 2.45) is 10.7 Å². The Balaban J connectivity index is 1.89. The van der Waals surface area contributed by atoms with Gasteiger partial charge in [0.05, 0.1) is 5.57 Å². The molecule has 5 N–H and O–H groups in total. The lowest BCUT2D eigenvalue weighted by atomic mass is 10.1. The van der Waals surface area contributed by atoms with Crippen LogP contribution in [0.3, 0.4) is 0 Å². The number of aliphatic hydroxyl groups excluding tert-OH is 1. The maximum atomic E-state index is 13.0. The highest BCUT2D eigenvalue weighted by Crippen LogP contribution is 2.35. The van der Waals surface area contributed by atoms with Crippen LogP contribution in [-0.2, 0) is 17.1 Å². The third-order valence-corrected chi connectivity index (χ3v) is 4.10. The molecular weight excluding hydrogens is 464 g/mol. The molecule has 33 heavy (non-hydrogen) atoms. The van der Waals surface area contributed by atoms with Gasteiger partial charge in [-0.1, -0.05) is 0 Å². The van der Waals surface area contributed by atoms with Crippen molar-refractivity contribution in [1.29, 1.82) is 0 Å². The number of primary amides is 1.